The monoisotopic (exact) mass is 257 g/mol. The lowest BCUT2D eigenvalue weighted by molar-refractivity contribution is 0.588. The first-order chi connectivity index (χ1) is 7.88. The molecule has 0 radical (unpaired) electrons. The third-order valence-electron chi connectivity index (χ3n) is 2.56. The molecule has 1 N–H and O–H groups in total. The summed E-state index contributed by atoms with van der Waals surface area (Å²) in [6, 6.07) is 1.85. The van der Waals surface area contributed by atoms with Crippen molar-refractivity contribution >= 4 is 15.7 Å². The van der Waals surface area contributed by atoms with E-state index in [2.05, 4.69) is 22.2 Å². The lowest BCUT2D eigenvalue weighted by Gasteiger charge is -2.11. The number of aromatic nitrogens is 2. The van der Waals surface area contributed by atoms with Crippen LogP contribution in [0.3, 0.4) is 0 Å². The summed E-state index contributed by atoms with van der Waals surface area (Å²) in [6.45, 7) is 3.67. The average molecular weight is 257 g/mol. The maximum Gasteiger partial charge on any atom is 0.157 e. The van der Waals surface area contributed by atoms with Gasteiger partial charge in [-0.15, -0.1) is 0 Å². The second-order valence-corrected chi connectivity index (χ2v) is 6.44. The molecule has 5 nitrogen and oxygen atoms in total. The van der Waals surface area contributed by atoms with Crippen LogP contribution in [0.2, 0.25) is 0 Å². The van der Waals surface area contributed by atoms with Gasteiger partial charge in [-0.25, -0.2) is 18.4 Å². The number of anilines is 1. The summed E-state index contributed by atoms with van der Waals surface area (Å²) in [5.74, 6) is 1.02. The molecular weight excluding hydrogens is 238 g/mol. The molecule has 1 unspecified atom stereocenters. The average Bonchev–Trinajstić information content (AvgIpc) is 2.26. The highest BCUT2D eigenvalue weighted by atomic mass is 32.2. The molecule has 6 heteroatoms. The Morgan fingerprint density at radius 2 is 2.06 bits per heavy atom. The number of nitrogens with one attached hydrogen (secondary N) is 1. The zero-order valence-electron chi connectivity index (χ0n) is 10.7. The van der Waals surface area contributed by atoms with Crippen molar-refractivity contribution < 1.29 is 8.42 Å². The summed E-state index contributed by atoms with van der Waals surface area (Å²) in [4.78, 5) is 8.51. The van der Waals surface area contributed by atoms with Crippen LogP contribution in [0.5, 0.6) is 0 Å². The first kappa shape index (κ1) is 13.9. The topological polar surface area (TPSA) is 72.0 Å². The van der Waals surface area contributed by atoms with Crippen LogP contribution in [-0.2, 0) is 16.3 Å². The van der Waals surface area contributed by atoms with E-state index in [9.17, 15) is 8.42 Å². The molecule has 0 amide bonds. The van der Waals surface area contributed by atoms with Crippen LogP contribution in [0, 0.1) is 0 Å². The minimum Gasteiger partial charge on any atom is -0.373 e. The molecule has 1 heterocycles. The van der Waals surface area contributed by atoms with E-state index in [1.807, 2.05) is 6.07 Å². The molecule has 1 rings (SSSR count). The predicted molar refractivity (Wildman–Crippen MR) is 68.8 cm³/mol. The largest absolute Gasteiger partial charge is 0.373 e. The van der Waals surface area contributed by atoms with Crippen molar-refractivity contribution in [1.29, 1.82) is 0 Å². The molecule has 0 bridgehead atoms. The molecule has 0 saturated carbocycles. The van der Waals surface area contributed by atoms with Crippen LogP contribution in [0.25, 0.3) is 0 Å². The van der Waals surface area contributed by atoms with E-state index in [1.165, 1.54) is 6.26 Å². The van der Waals surface area contributed by atoms with Crippen molar-refractivity contribution in [2.45, 2.75) is 31.9 Å². The van der Waals surface area contributed by atoms with Crippen molar-refractivity contribution in [1.82, 2.24) is 9.97 Å². The summed E-state index contributed by atoms with van der Waals surface area (Å²) in [6.07, 6.45) is 2.99. The zero-order chi connectivity index (χ0) is 13.1. The summed E-state index contributed by atoms with van der Waals surface area (Å²) in [5.41, 5.74) is 0.873. The second kappa shape index (κ2) is 5.44. The highest BCUT2D eigenvalue weighted by Gasteiger charge is 2.21. The third-order valence-corrected chi connectivity index (χ3v) is 4.06. The van der Waals surface area contributed by atoms with Gasteiger partial charge in [-0.05, 0) is 13.3 Å². The minimum absolute atomic E-state index is 0.364. The van der Waals surface area contributed by atoms with Gasteiger partial charge in [-0.3, -0.25) is 0 Å². The molecule has 0 aliphatic carbocycles. The fourth-order valence-electron chi connectivity index (χ4n) is 1.40. The van der Waals surface area contributed by atoms with Gasteiger partial charge in [0.1, 0.15) is 16.9 Å². The molecule has 1 atom stereocenters. The van der Waals surface area contributed by atoms with Gasteiger partial charge < -0.3 is 5.32 Å². The quantitative estimate of drug-likeness (QED) is 0.867. The summed E-state index contributed by atoms with van der Waals surface area (Å²) in [5, 5.41) is 2.25. The van der Waals surface area contributed by atoms with Crippen LogP contribution >= 0.6 is 0 Å². The lowest BCUT2D eigenvalue weighted by Crippen LogP contribution is -2.13. The maximum absolute atomic E-state index is 11.5. The fraction of sp³-hybridized carbons (Fsp3) is 0.636. The van der Waals surface area contributed by atoms with Gasteiger partial charge in [0.2, 0.25) is 0 Å². The van der Waals surface area contributed by atoms with Gasteiger partial charge in [-0.1, -0.05) is 13.3 Å². The van der Waals surface area contributed by atoms with Gasteiger partial charge in [0.05, 0.1) is 0 Å². The number of hydrogen-bond donors (Lipinski definition) is 1. The Bertz CT molecular complexity index is 485. The van der Waals surface area contributed by atoms with Gasteiger partial charge in [0.15, 0.2) is 9.84 Å². The fourth-order valence-corrected chi connectivity index (χ4v) is 1.89. The molecule has 96 valence electrons. The highest BCUT2D eigenvalue weighted by Crippen LogP contribution is 2.19. The van der Waals surface area contributed by atoms with Crippen LogP contribution < -0.4 is 5.32 Å². The molecule has 1 aromatic heterocycles. The first-order valence-corrected chi connectivity index (χ1v) is 7.58. The molecule has 17 heavy (non-hydrogen) atoms. The van der Waals surface area contributed by atoms with Gasteiger partial charge in [0, 0.05) is 25.1 Å². The van der Waals surface area contributed by atoms with E-state index >= 15 is 0 Å². The summed E-state index contributed by atoms with van der Waals surface area (Å²) < 4.78 is 23.0. The smallest absolute Gasteiger partial charge is 0.157 e. The van der Waals surface area contributed by atoms with Crippen LogP contribution in [0.1, 0.15) is 37.0 Å². The molecule has 0 aliphatic heterocycles. The highest BCUT2D eigenvalue weighted by molar-refractivity contribution is 7.90. The maximum atomic E-state index is 11.5. The number of sulfone groups is 1. The Kier molecular flexibility index (Phi) is 4.45. The van der Waals surface area contributed by atoms with Crippen LogP contribution in [0.4, 0.5) is 5.82 Å². The Morgan fingerprint density at radius 3 is 2.53 bits per heavy atom. The van der Waals surface area contributed by atoms with Crippen LogP contribution in [-0.4, -0.2) is 31.7 Å². The molecule has 1 aromatic rings. The van der Waals surface area contributed by atoms with E-state index in [1.54, 1.807) is 14.0 Å². The number of rotatable bonds is 5. The lowest BCUT2D eigenvalue weighted by atomic mass is 10.2. The molecule has 0 saturated heterocycles. The number of hydrogen-bond acceptors (Lipinski definition) is 5. The van der Waals surface area contributed by atoms with Crippen molar-refractivity contribution in [3.63, 3.8) is 0 Å². The van der Waals surface area contributed by atoms with Crippen molar-refractivity contribution in [3.05, 3.63) is 17.6 Å². The molecule has 0 aliphatic rings. The molecule has 0 spiro atoms. The predicted octanol–water partition coefficient (Wildman–Crippen LogP) is 1.58. The zero-order valence-corrected chi connectivity index (χ0v) is 11.5. The van der Waals surface area contributed by atoms with E-state index < -0.39 is 15.1 Å². The molecular formula is C11H19N3O2S. The van der Waals surface area contributed by atoms with E-state index in [0.29, 0.717) is 11.6 Å². The first-order valence-electron chi connectivity index (χ1n) is 5.63. The summed E-state index contributed by atoms with van der Waals surface area (Å²) >= 11 is 0. The van der Waals surface area contributed by atoms with Gasteiger partial charge in [-0.2, -0.15) is 0 Å². The van der Waals surface area contributed by atoms with Crippen molar-refractivity contribution in [2.24, 2.45) is 0 Å². The number of nitrogens with zero attached hydrogens (tertiary/aromatic N) is 2. The van der Waals surface area contributed by atoms with Gasteiger partial charge >= 0.3 is 0 Å². The Hall–Kier alpha value is -1.17. The Morgan fingerprint density at radius 1 is 1.41 bits per heavy atom. The normalized spacial score (nSPS) is 13.4. The summed E-state index contributed by atoms with van der Waals surface area (Å²) in [7, 11) is -1.41. The molecule has 0 aromatic carbocycles. The minimum atomic E-state index is -3.17. The SMILES string of the molecule is CCCc1cc(NC)nc(C(C)S(C)(=O)=O)n1. The van der Waals surface area contributed by atoms with E-state index in [0.717, 1.165) is 18.5 Å². The Labute approximate surface area is 103 Å². The molecule has 0 fully saturated rings. The standard InChI is InChI=1S/C11H19N3O2S/c1-5-6-9-7-10(12-3)14-11(13-9)8(2)17(4,15)16/h7-8H,5-6H2,1-4H3,(H,12,13,14). The second-order valence-electron chi connectivity index (χ2n) is 4.07. The van der Waals surface area contributed by atoms with E-state index in [-0.39, 0.29) is 0 Å². The van der Waals surface area contributed by atoms with Crippen molar-refractivity contribution in [3.8, 4) is 0 Å². The van der Waals surface area contributed by atoms with Crippen molar-refractivity contribution in [2.75, 3.05) is 18.6 Å². The number of aryl methyl sites for hydroxylation is 1. The van der Waals surface area contributed by atoms with E-state index in [4.69, 9.17) is 0 Å². The van der Waals surface area contributed by atoms with Crippen LogP contribution in [0.15, 0.2) is 6.07 Å². The van der Waals surface area contributed by atoms with Gasteiger partial charge in [0.25, 0.3) is 0 Å². The Balaban J connectivity index is 3.19. The third kappa shape index (κ3) is 3.66.